The number of carbonyl (C=O) groups excluding carboxylic acids is 1. The summed E-state index contributed by atoms with van der Waals surface area (Å²) in [6, 6.07) is 8.34. The first kappa shape index (κ1) is 13.8. The molecule has 1 aromatic carbocycles. The van der Waals surface area contributed by atoms with Crippen molar-refractivity contribution < 1.29 is 14.7 Å². The van der Waals surface area contributed by atoms with Gasteiger partial charge in [0.1, 0.15) is 0 Å². The zero-order chi connectivity index (χ0) is 14.4. The lowest BCUT2D eigenvalue weighted by molar-refractivity contribution is -0.131. The maximum absolute atomic E-state index is 11.7. The Balaban J connectivity index is 1.93. The van der Waals surface area contributed by atoms with E-state index in [0.29, 0.717) is 5.69 Å². The van der Waals surface area contributed by atoms with Gasteiger partial charge in [-0.2, -0.15) is 11.3 Å². The van der Waals surface area contributed by atoms with Crippen LogP contribution >= 0.6 is 11.3 Å². The van der Waals surface area contributed by atoms with Crippen LogP contribution in [0.2, 0.25) is 0 Å². The van der Waals surface area contributed by atoms with Crippen LogP contribution in [0, 0.1) is 0 Å². The van der Waals surface area contributed by atoms with Crippen LogP contribution in [-0.2, 0) is 4.79 Å². The first-order chi connectivity index (χ1) is 9.63. The quantitative estimate of drug-likeness (QED) is 0.753. The molecule has 2 aromatic rings. The van der Waals surface area contributed by atoms with E-state index >= 15 is 0 Å². The molecule has 0 unspecified atom stereocenters. The number of hydrogen-bond donors (Lipinski definition) is 3. The summed E-state index contributed by atoms with van der Waals surface area (Å²) >= 11 is 1.50. The molecule has 0 atom stereocenters. The van der Waals surface area contributed by atoms with Crippen LogP contribution in [0.25, 0.3) is 6.08 Å². The third-order valence-corrected chi connectivity index (χ3v) is 3.05. The zero-order valence-electron chi connectivity index (χ0n) is 10.4. The molecule has 0 aliphatic rings. The summed E-state index contributed by atoms with van der Waals surface area (Å²) in [5.74, 6) is -0.998. The maximum Gasteiger partial charge on any atom is 0.328 e. The van der Waals surface area contributed by atoms with Gasteiger partial charge in [-0.3, -0.25) is 0 Å². The van der Waals surface area contributed by atoms with Gasteiger partial charge in [-0.15, -0.1) is 0 Å². The predicted molar refractivity (Wildman–Crippen MR) is 80.1 cm³/mol. The Morgan fingerprint density at radius 2 is 1.75 bits per heavy atom. The van der Waals surface area contributed by atoms with Gasteiger partial charge in [-0.1, -0.05) is 12.1 Å². The van der Waals surface area contributed by atoms with Crippen molar-refractivity contribution in [3.05, 3.63) is 52.7 Å². The van der Waals surface area contributed by atoms with Gasteiger partial charge in [-0.05, 0) is 35.2 Å². The van der Waals surface area contributed by atoms with Gasteiger partial charge >= 0.3 is 12.0 Å². The third kappa shape index (κ3) is 4.25. The van der Waals surface area contributed by atoms with Crippen molar-refractivity contribution in [3.8, 4) is 0 Å². The van der Waals surface area contributed by atoms with E-state index in [9.17, 15) is 9.59 Å². The summed E-state index contributed by atoms with van der Waals surface area (Å²) in [6.45, 7) is 0. The molecule has 0 bridgehead atoms. The minimum Gasteiger partial charge on any atom is -0.478 e. The van der Waals surface area contributed by atoms with Crippen molar-refractivity contribution in [3.63, 3.8) is 0 Å². The van der Waals surface area contributed by atoms with Gasteiger partial charge in [0, 0.05) is 17.1 Å². The van der Waals surface area contributed by atoms with Crippen LogP contribution in [0.5, 0.6) is 0 Å². The molecule has 0 aliphatic carbocycles. The molecule has 1 aromatic heterocycles. The average Bonchev–Trinajstić information content (AvgIpc) is 2.90. The zero-order valence-corrected chi connectivity index (χ0v) is 11.2. The summed E-state index contributed by atoms with van der Waals surface area (Å²) in [6.07, 6.45) is 2.54. The highest BCUT2D eigenvalue weighted by Crippen LogP contribution is 2.14. The second-order valence-corrected chi connectivity index (χ2v) is 4.66. The SMILES string of the molecule is O=C(O)C=Cc1ccc(NC(=O)Nc2ccsc2)cc1. The van der Waals surface area contributed by atoms with Crippen LogP contribution in [0.1, 0.15) is 5.56 Å². The number of hydrogen-bond acceptors (Lipinski definition) is 3. The molecule has 1 heterocycles. The van der Waals surface area contributed by atoms with Crippen LogP contribution in [-0.4, -0.2) is 17.1 Å². The fourth-order valence-electron chi connectivity index (χ4n) is 1.47. The van der Waals surface area contributed by atoms with E-state index in [-0.39, 0.29) is 6.03 Å². The molecule has 2 amide bonds. The summed E-state index contributed by atoms with van der Waals surface area (Å²) in [5, 5.41) is 17.6. The number of nitrogens with one attached hydrogen (secondary N) is 2. The molecule has 5 nitrogen and oxygen atoms in total. The predicted octanol–water partition coefficient (Wildman–Crippen LogP) is 3.49. The Bertz CT molecular complexity index is 618. The number of carboxylic acid groups (broad SMARTS) is 1. The van der Waals surface area contributed by atoms with Crippen LogP contribution in [0.3, 0.4) is 0 Å². The normalized spacial score (nSPS) is 10.4. The van der Waals surface area contributed by atoms with Crippen molar-refractivity contribution in [2.75, 3.05) is 10.6 Å². The first-order valence-electron chi connectivity index (χ1n) is 5.75. The largest absolute Gasteiger partial charge is 0.478 e. The average molecular weight is 288 g/mol. The van der Waals surface area contributed by atoms with E-state index in [0.717, 1.165) is 17.3 Å². The highest BCUT2D eigenvalue weighted by molar-refractivity contribution is 7.08. The molecule has 2 rings (SSSR count). The van der Waals surface area contributed by atoms with Crippen LogP contribution in [0.15, 0.2) is 47.2 Å². The number of aliphatic carboxylic acids is 1. The number of anilines is 2. The van der Waals surface area contributed by atoms with Crippen molar-refractivity contribution in [2.45, 2.75) is 0 Å². The lowest BCUT2D eigenvalue weighted by Crippen LogP contribution is -2.18. The van der Waals surface area contributed by atoms with Gasteiger partial charge in [0.15, 0.2) is 0 Å². The highest BCUT2D eigenvalue weighted by Gasteiger charge is 2.02. The van der Waals surface area contributed by atoms with Gasteiger partial charge < -0.3 is 15.7 Å². The second-order valence-electron chi connectivity index (χ2n) is 3.88. The smallest absolute Gasteiger partial charge is 0.328 e. The summed E-state index contributed by atoms with van der Waals surface area (Å²) in [5.41, 5.74) is 2.12. The summed E-state index contributed by atoms with van der Waals surface area (Å²) in [7, 11) is 0. The summed E-state index contributed by atoms with van der Waals surface area (Å²) in [4.78, 5) is 22.1. The van der Waals surface area contributed by atoms with E-state index in [2.05, 4.69) is 10.6 Å². The molecular formula is C14H12N2O3S. The molecule has 0 aliphatic heterocycles. The lowest BCUT2D eigenvalue weighted by Gasteiger charge is -2.06. The van der Waals surface area contributed by atoms with Crippen molar-refractivity contribution in [2.24, 2.45) is 0 Å². The molecule has 20 heavy (non-hydrogen) atoms. The molecule has 0 spiro atoms. The highest BCUT2D eigenvalue weighted by atomic mass is 32.1. The molecule has 0 saturated heterocycles. The Kier molecular flexibility index (Phi) is 4.52. The fourth-order valence-corrected chi connectivity index (χ4v) is 2.06. The van der Waals surface area contributed by atoms with E-state index in [1.165, 1.54) is 17.4 Å². The number of rotatable bonds is 4. The van der Waals surface area contributed by atoms with Crippen LogP contribution < -0.4 is 10.6 Å². The molecule has 102 valence electrons. The Labute approximate surface area is 119 Å². The fraction of sp³-hybridized carbons (Fsp3) is 0. The maximum atomic E-state index is 11.7. The van der Waals surface area contributed by atoms with E-state index < -0.39 is 5.97 Å². The summed E-state index contributed by atoms with van der Waals surface area (Å²) < 4.78 is 0. The molecular weight excluding hydrogens is 276 g/mol. The minimum absolute atomic E-state index is 0.322. The van der Waals surface area contributed by atoms with Gasteiger partial charge in [0.25, 0.3) is 0 Å². The number of amides is 2. The molecule has 6 heteroatoms. The van der Waals surface area contributed by atoms with Crippen LogP contribution in [0.4, 0.5) is 16.2 Å². The monoisotopic (exact) mass is 288 g/mol. The van der Waals surface area contributed by atoms with E-state index in [1.807, 2.05) is 16.8 Å². The van der Waals surface area contributed by atoms with Crippen molar-refractivity contribution >= 4 is 40.8 Å². The Hall–Kier alpha value is -2.60. The van der Waals surface area contributed by atoms with Gasteiger partial charge in [-0.25, -0.2) is 9.59 Å². The number of carboxylic acids is 1. The minimum atomic E-state index is -0.998. The lowest BCUT2D eigenvalue weighted by atomic mass is 10.2. The van der Waals surface area contributed by atoms with Crippen molar-refractivity contribution in [1.29, 1.82) is 0 Å². The second kappa shape index (κ2) is 6.53. The number of carbonyl (C=O) groups is 2. The third-order valence-electron chi connectivity index (χ3n) is 2.37. The number of thiophene rings is 1. The molecule has 0 radical (unpaired) electrons. The standard InChI is InChI=1S/C14H12N2O3S/c17-13(18)6-3-10-1-4-11(5-2-10)15-14(19)16-12-7-8-20-9-12/h1-9H,(H,17,18)(H2,15,16,19). The van der Waals surface area contributed by atoms with Crippen molar-refractivity contribution in [1.82, 2.24) is 0 Å². The first-order valence-corrected chi connectivity index (χ1v) is 6.69. The topological polar surface area (TPSA) is 78.4 Å². The Morgan fingerprint density at radius 1 is 1.05 bits per heavy atom. The molecule has 0 saturated carbocycles. The molecule has 3 N–H and O–H groups in total. The van der Waals surface area contributed by atoms with Gasteiger partial charge in [0.2, 0.25) is 0 Å². The Morgan fingerprint density at radius 3 is 2.35 bits per heavy atom. The number of urea groups is 1. The van der Waals surface area contributed by atoms with E-state index in [1.54, 1.807) is 24.3 Å². The van der Waals surface area contributed by atoms with E-state index in [4.69, 9.17) is 5.11 Å². The molecule has 0 fully saturated rings. The number of benzene rings is 1. The van der Waals surface area contributed by atoms with Gasteiger partial charge in [0.05, 0.1) is 5.69 Å².